The quantitative estimate of drug-likeness (QED) is 0.881. The van der Waals surface area contributed by atoms with Gasteiger partial charge in [0.05, 0.1) is 14.2 Å². The first-order valence-electron chi connectivity index (χ1n) is 6.36. The first-order chi connectivity index (χ1) is 9.17. The van der Waals surface area contributed by atoms with Gasteiger partial charge in [-0.05, 0) is 43.6 Å². The molecule has 5 nitrogen and oxygen atoms in total. The van der Waals surface area contributed by atoms with E-state index in [4.69, 9.17) is 9.47 Å². The minimum absolute atomic E-state index is 0.561. The number of aliphatic carboxylic acids is 1. The fourth-order valence-electron chi connectivity index (χ4n) is 2.53. The van der Waals surface area contributed by atoms with Crippen LogP contribution in [-0.4, -0.2) is 43.3 Å². The van der Waals surface area contributed by atoms with Crippen molar-refractivity contribution in [3.63, 3.8) is 0 Å². The van der Waals surface area contributed by atoms with Crippen LogP contribution in [0.15, 0.2) is 18.2 Å². The molecule has 1 N–H and O–H groups in total. The molecule has 0 bridgehead atoms. The number of nitrogens with zero attached hydrogens (tertiary/aromatic N) is 1. The van der Waals surface area contributed by atoms with E-state index in [9.17, 15) is 9.90 Å². The van der Waals surface area contributed by atoms with Crippen molar-refractivity contribution in [1.82, 2.24) is 4.90 Å². The van der Waals surface area contributed by atoms with E-state index in [-0.39, 0.29) is 0 Å². The van der Waals surface area contributed by atoms with Gasteiger partial charge >= 0.3 is 5.97 Å². The number of ether oxygens (including phenoxy) is 2. The SMILES string of the molecule is COc1ccc(C(C(=O)O)N2CCCC2)cc1OC. The van der Waals surface area contributed by atoms with Crippen molar-refractivity contribution >= 4 is 5.97 Å². The molecule has 1 aliphatic rings. The lowest BCUT2D eigenvalue weighted by Crippen LogP contribution is -2.31. The number of methoxy groups -OCH3 is 2. The van der Waals surface area contributed by atoms with Gasteiger partial charge in [-0.15, -0.1) is 0 Å². The number of hydrogen-bond donors (Lipinski definition) is 1. The van der Waals surface area contributed by atoms with Gasteiger partial charge in [0.1, 0.15) is 6.04 Å². The highest BCUT2D eigenvalue weighted by molar-refractivity contribution is 5.76. The zero-order valence-corrected chi connectivity index (χ0v) is 11.3. The Hall–Kier alpha value is -1.75. The van der Waals surface area contributed by atoms with Gasteiger partial charge in [0.2, 0.25) is 0 Å². The van der Waals surface area contributed by atoms with Gasteiger partial charge in [0, 0.05) is 0 Å². The largest absolute Gasteiger partial charge is 0.493 e. The fraction of sp³-hybridized carbons (Fsp3) is 0.500. The van der Waals surface area contributed by atoms with Crippen LogP contribution < -0.4 is 9.47 Å². The van der Waals surface area contributed by atoms with Crippen molar-refractivity contribution in [2.75, 3.05) is 27.3 Å². The van der Waals surface area contributed by atoms with E-state index < -0.39 is 12.0 Å². The Morgan fingerprint density at radius 3 is 2.37 bits per heavy atom. The van der Waals surface area contributed by atoms with Crippen molar-refractivity contribution in [3.05, 3.63) is 23.8 Å². The number of carbonyl (C=O) groups is 1. The summed E-state index contributed by atoms with van der Waals surface area (Å²) in [6.45, 7) is 1.65. The lowest BCUT2D eigenvalue weighted by molar-refractivity contribution is -0.143. The molecule has 1 atom stereocenters. The maximum atomic E-state index is 11.5. The normalized spacial score (nSPS) is 17.2. The van der Waals surface area contributed by atoms with E-state index in [0.29, 0.717) is 11.5 Å². The molecule has 0 aliphatic carbocycles. The van der Waals surface area contributed by atoms with Crippen LogP contribution in [0, 0.1) is 0 Å². The average molecular weight is 265 g/mol. The smallest absolute Gasteiger partial charge is 0.325 e. The van der Waals surface area contributed by atoms with Gasteiger partial charge in [-0.3, -0.25) is 9.69 Å². The van der Waals surface area contributed by atoms with E-state index in [1.54, 1.807) is 32.4 Å². The molecule has 1 aromatic carbocycles. The number of hydrogen-bond acceptors (Lipinski definition) is 4. The molecule has 0 amide bonds. The van der Waals surface area contributed by atoms with Crippen molar-refractivity contribution in [3.8, 4) is 11.5 Å². The molecule has 2 rings (SSSR count). The maximum Gasteiger partial charge on any atom is 0.325 e. The molecule has 1 aliphatic heterocycles. The molecule has 0 spiro atoms. The van der Waals surface area contributed by atoms with Crippen molar-refractivity contribution in [2.24, 2.45) is 0 Å². The summed E-state index contributed by atoms with van der Waals surface area (Å²) in [6, 6.07) is 4.68. The zero-order valence-electron chi connectivity index (χ0n) is 11.3. The number of benzene rings is 1. The Labute approximate surface area is 112 Å². The molecule has 104 valence electrons. The zero-order chi connectivity index (χ0) is 13.8. The molecule has 19 heavy (non-hydrogen) atoms. The second kappa shape index (κ2) is 5.93. The lowest BCUT2D eigenvalue weighted by atomic mass is 10.0. The predicted octanol–water partition coefficient (Wildman–Crippen LogP) is 1.93. The van der Waals surface area contributed by atoms with Crippen LogP contribution in [-0.2, 0) is 4.79 Å². The molecule has 1 saturated heterocycles. The van der Waals surface area contributed by atoms with Crippen molar-refractivity contribution in [1.29, 1.82) is 0 Å². The standard InChI is InChI=1S/C14H19NO4/c1-18-11-6-5-10(9-12(11)19-2)13(14(16)17)15-7-3-4-8-15/h5-6,9,13H,3-4,7-8H2,1-2H3,(H,16,17). The van der Waals surface area contributed by atoms with Crippen LogP contribution in [0.5, 0.6) is 11.5 Å². The van der Waals surface area contributed by atoms with E-state index in [1.165, 1.54) is 0 Å². The summed E-state index contributed by atoms with van der Waals surface area (Å²) in [5, 5.41) is 9.46. The third kappa shape index (κ3) is 2.81. The van der Waals surface area contributed by atoms with Gasteiger partial charge in [0.15, 0.2) is 11.5 Å². The van der Waals surface area contributed by atoms with Crippen molar-refractivity contribution < 1.29 is 19.4 Å². The van der Waals surface area contributed by atoms with Gasteiger partial charge < -0.3 is 14.6 Å². The van der Waals surface area contributed by atoms with Gasteiger partial charge in [-0.25, -0.2) is 0 Å². The minimum atomic E-state index is -0.825. The molecule has 1 heterocycles. The minimum Gasteiger partial charge on any atom is -0.493 e. The van der Waals surface area contributed by atoms with Crippen LogP contribution >= 0.6 is 0 Å². The first-order valence-corrected chi connectivity index (χ1v) is 6.36. The predicted molar refractivity (Wildman–Crippen MR) is 70.7 cm³/mol. The number of carboxylic acid groups (broad SMARTS) is 1. The van der Waals surface area contributed by atoms with E-state index in [0.717, 1.165) is 31.5 Å². The lowest BCUT2D eigenvalue weighted by Gasteiger charge is -2.24. The third-order valence-corrected chi connectivity index (χ3v) is 3.46. The molecule has 0 aromatic heterocycles. The Balaban J connectivity index is 2.33. The molecular weight excluding hydrogens is 246 g/mol. The number of rotatable bonds is 5. The highest BCUT2D eigenvalue weighted by Gasteiger charge is 2.30. The topological polar surface area (TPSA) is 59.0 Å². The number of likely N-dealkylation sites (tertiary alicyclic amines) is 1. The molecule has 0 radical (unpaired) electrons. The second-order valence-electron chi connectivity index (χ2n) is 4.60. The summed E-state index contributed by atoms with van der Waals surface area (Å²) in [5.41, 5.74) is 0.729. The maximum absolute atomic E-state index is 11.5. The Morgan fingerprint density at radius 2 is 1.84 bits per heavy atom. The summed E-state index contributed by atoms with van der Waals surface area (Å²) in [5.74, 6) is 0.344. The number of carboxylic acids is 1. The van der Waals surface area contributed by atoms with Crippen molar-refractivity contribution in [2.45, 2.75) is 18.9 Å². The third-order valence-electron chi connectivity index (χ3n) is 3.46. The Bertz CT molecular complexity index is 455. The highest BCUT2D eigenvalue weighted by Crippen LogP contribution is 2.33. The summed E-state index contributed by atoms with van der Waals surface area (Å²) < 4.78 is 10.4. The summed E-state index contributed by atoms with van der Waals surface area (Å²) in [7, 11) is 3.11. The summed E-state index contributed by atoms with van der Waals surface area (Å²) in [6.07, 6.45) is 2.11. The Kier molecular flexibility index (Phi) is 4.27. The van der Waals surface area contributed by atoms with E-state index in [2.05, 4.69) is 0 Å². The molecule has 1 fully saturated rings. The molecular formula is C14H19NO4. The fourth-order valence-corrected chi connectivity index (χ4v) is 2.53. The molecule has 5 heteroatoms. The van der Waals surface area contributed by atoms with Crippen LogP contribution in [0.1, 0.15) is 24.4 Å². The highest BCUT2D eigenvalue weighted by atomic mass is 16.5. The van der Waals surface area contributed by atoms with Crippen LogP contribution in [0.25, 0.3) is 0 Å². The molecule has 1 unspecified atom stereocenters. The van der Waals surface area contributed by atoms with Crippen LogP contribution in [0.4, 0.5) is 0 Å². The summed E-state index contributed by atoms with van der Waals surface area (Å²) >= 11 is 0. The monoisotopic (exact) mass is 265 g/mol. The van der Waals surface area contributed by atoms with E-state index in [1.807, 2.05) is 4.90 Å². The molecule has 0 saturated carbocycles. The Morgan fingerprint density at radius 1 is 1.21 bits per heavy atom. The van der Waals surface area contributed by atoms with Gasteiger partial charge in [-0.2, -0.15) is 0 Å². The van der Waals surface area contributed by atoms with Crippen LogP contribution in [0.3, 0.4) is 0 Å². The van der Waals surface area contributed by atoms with E-state index >= 15 is 0 Å². The van der Waals surface area contributed by atoms with Gasteiger partial charge in [0.25, 0.3) is 0 Å². The molecule has 1 aromatic rings. The first kappa shape index (κ1) is 13.7. The van der Waals surface area contributed by atoms with Gasteiger partial charge in [-0.1, -0.05) is 6.07 Å². The van der Waals surface area contributed by atoms with Crippen LogP contribution in [0.2, 0.25) is 0 Å². The average Bonchev–Trinajstić information content (AvgIpc) is 2.92. The second-order valence-corrected chi connectivity index (χ2v) is 4.60. The summed E-state index contributed by atoms with van der Waals surface area (Å²) in [4.78, 5) is 13.5.